The van der Waals surface area contributed by atoms with Crippen LogP contribution >= 0.6 is 45.5 Å². The van der Waals surface area contributed by atoms with E-state index >= 15 is 4.39 Å². The van der Waals surface area contributed by atoms with Gasteiger partial charge in [0.1, 0.15) is 22.5 Å². The number of ether oxygens (including phenoxy) is 1. The van der Waals surface area contributed by atoms with Gasteiger partial charge < -0.3 is 10.1 Å². The topological polar surface area (TPSA) is 108 Å². The molecule has 0 atom stereocenters. The number of anilines is 2. The molecule has 0 spiro atoms. The first kappa shape index (κ1) is 29.5. The van der Waals surface area contributed by atoms with E-state index in [-0.39, 0.29) is 32.5 Å². The number of amides is 2. The van der Waals surface area contributed by atoms with E-state index in [1.165, 1.54) is 27.9 Å². The summed E-state index contributed by atoms with van der Waals surface area (Å²) < 4.78 is 73.7. The molecule has 0 aliphatic carbocycles. The van der Waals surface area contributed by atoms with E-state index in [4.69, 9.17) is 16.3 Å². The number of halogens is 7. The quantitative estimate of drug-likeness (QED) is 0.167. The second-order valence-corrected chi connectivity index (χ2v) is 11.0. The van der Waals surface area contributed by atoms with Gasteiger partial charge in [0.25, 0.3) is 0 Å². The van der Waals surface area contributed by atoms with Crippen molar-refractivity contribution in [2.75, 3.05) is 10.6 Å². The number of hydrogen-bond acceptors (Lipinski definition) is 6. The van der Waals surface area contributed by atoms with Crippen molar-refractivity contribution in [2.45, 2.75) is 32.5 Å². The van der Waals surface area contributed by atoms with Crippen molar-refractivity contribution >= 4 is 84.6 Å². The molecule has 2 aromatic carbocycles. The molecule has 15 heteroatoms. The molecule has 0 fully saturated rings. The second-order valence-electron chi connectivity index (χ2n) is 8.52. The summed E-state index contributed by atoms with van der Waals surface area (Å²) in [4.78, 5) is 35.6. The summed E-state index contributed by atoms with van der Waals surface area (Å²) >= 11 is 8.24. The first-order chi connectivity index (χ1) is 17.5. The van der Waals surface area contributed by atoms with Gasteiger partial charge in [0.2, 0.25) is 0 Å². The molecular weight excluding hydrogens is 672 g/mol. The number of carbonyl (C=O) groups is 3. The molecule has 0 bridgehead atoms. The lowest BCUT2D eigenvalue weighted by molar-refractivity contribution is -0.167. The number of carbonyl (C=O) groups excluding carboxylic acids is 3. The minimum Gasteiger partial charge on any atom is -0.444 e. The minimum absolute atomic E-state index is 0.144. The van der Waals surface area contributed by atoms with Crippen molar-refractivity contribution in [2.24, 2.45) is 0 Å². The number of nitrogens with one attached hydrogen (secondary N) is 2. The number of thiophene rings is 1. The van der Waals surface area contributed by atoms with Crippen molar-refractivity contribution in [3.63, 3.8) is 0 Å². The van der Waals surface area contributed by atoms with Gasteiger partial charge in [-0.2, -0.15) is 18.4 Å². The zero-order valence-corrected chi connectivity index (χ0v) is 23.1. The standard InChI is InChI=1S/C23H14ClF5IN3O4S/c1-22(2,3)37-21(36)33-19-9(6-31)12-8(4-5-11(25)18(12)38-19)13-14(24)10(7-34)16(30)17(15(13)26)32-20(35)23(27,28)29/h4-5,7H,1-3H3,(H,32,35)(H,33,36). The number of alkyl halides is 3. The number of nitriles is 1. The van der Waals surface area contributed by atoms with Crippen LogP contribution < -0.4 is 10.6 Å². The van der Waals surface area contributed by atoms with Crippen molar-refractivity contribution in [1.29, 1.82) is 5.26 Å². The number of hydrogen-bond donors (Lipinski definition) is 2. The van der Waals surface area contributed by atoms with E-state index in [1.807, 2.05) is 0 Å². The number of benzene rings is 2. The Morgan fingerprint density at radius 2 is 1.82 bits per heavy atom. The summed E-state index contributed by atoms with van der Waals surface area (Å²) in [6, 6.07) is 3.68. The summed E-state index contributed by atoms with van der Waals surface area (Å²) in [5.74, 6) is -4.85. The molecule has 38 heavy (non-hydrogen) atoms. The minimum atomic E-state index is -5.39. The lowest BCUT2D eigenvalue weighted by Gasteiger charge is -2.19. The van der Waals surface area contributed by atoms with Gasteiger partial charge in [0.15, 0.2) is 12.1 Å². The third kappa shape index (κ3) is 5.69. The van der Waals surface area contributed by atoms with E-state index in [2.05, 4.69) is 5.32 Å². The van der Waals surface area contributed by atoms with E-state index < -0.39 is 60.8 Å². The summed E-state index contributed by atoms with van der Waals surface area (Å²) in [6.07, 6.45) is -6.21. The molecule has 7 nitrogen and oxygen atoms in total. The highest BCUT2D eigenvalue weighted by Gasteiger charge is 2.40. The molecule has 1 aromatic heterocycles. The molecule has 1 heterocycles. The molecule has 3 aromatic rings. The third-order valence-electron chi connectivity index (χ3n) is 4.75. The maximum Gasteiger partial charge on any atom is 0.471 e. The Morgan fingerprint density at radius 1 is 1.18 bits per heavy atom. The highest BCUT2D eigenvalue weighted by Crippen LogP contribution is 2.47. The second kappa shape index (κ2) is 10.6. The van der Waals surface area contributed by atoms with E-state index in [0.717, 1.165) is 12.1 Å². The first-order valence-electron chi connectivity index (χ1n) is 10.2. The van der Waals surface area contributed by atoms with Crippen molar-refractivity contribution in [1.82, 2.24) is 0 Å². The van der Waals surface area contributed by atoms with Gasteiger partial charge in [0.05, 0.1) is 24.5 Å². The van der Waals surface area contributed by atoms with Crippen molar-refractivity contribution < 1.29 is 41.1 Å². The maximum atomic E-state index is 15.8. The van der Waals surface area contributed by atoms with Crippen LogP contribution in [0, 0.1) is 26.5 Å². The maximum absolute atomic E-state index is 15.8. The molecule has 0 aliphatic rings. The number of aldehydes is 1. The number of rotatable bonds is 4. The summed E-state index contributed by atoms with van der Waals surface area (Å²) in [7, 11) is 0. The lowest BCUT2D eigenvalue weighted by Crippen LogP contribution is -2.31. The molecule has 0 radical (unpaired) electrons. The predicted octanol–water partition coefficient (Wildman–Crippen LogP) is 7.64. The predicted molar refractivity (Wildman–Crippen MR) is 140 cm³/mol. The highest BCUT2D eigenvalue weighted by molar-refractivity contribution is 14.1. The Balaban J connectivity index is 2.35. The fourth-order valence-electron chi connectivity index (χ4n) is 3.29. The zero-order chi connectivity index (χ0) is 28.7. The normalized spacial score (nSPS) is 11.7. The van der Waals surface area contributed by atoms with Gasteiger partial charge in [-0.1, -0.05) is 17.7 Å². The van der Waals surface area contributed by atoms with Crippen LogP contribution in [0.1, 0.15) is 36.7 Å². The average molecular weight is 686 g/mol. The Morgan fingerprint density at radius 3 is 2.34 bits per heavy atom. The van der Waals surface area contributed by atoms with Crippen LogP contribution in [0.5, 0.6) is 0 Å². The van der Waals surface area contributed by atoms with Gasteiger partial charge in [-0.05, 0) is 55.0 Å². The molecule has 0 unspecified atom stereocenters. The van der Waals surface area contributed by atoms with Gasteiger partial charge in [-0.25, -0.2) is 13.6 Å². The molecule has 2 N–H and O–H groups in total. The van der Waals surface area contributed by atoms with Crippen LogP contribution in [0.4, 0.5) is 37.4 Å². The number of nitrogens with zero attached hydrogens (tertiary/aromatic N) is 1. The fraction of sp³-hybridized carbons (Fsp3) is 0.217. The average Bonchev–Trinajstić information content (AvgIpc) is 3.15. The van der Waals surface area contributed by atoms with Crippen LogP contribution in [-0.4, -0.2) is 30.1 Å². The fourth-order valence-corrected chi connectivity index (χ4v) is 5.61. The smallest absolute Gasteiger partial charge is 0.444 e. The van der Waals surface area contributed by atoms with E-state index in [0.29, 0.717) is 11.3 Å². The SMILES string of the molecule is CC(C)(C)OC(=O)Nc1sc2c(F)ccc(-c3c(F)c(NC(=O)C(F)(F)F)c(I)c(C=O)c3Cl)c2c1C#N. The zero-order valence-electron chi connectivity index (χ0n) is 19.4. The van der Waals surface area contributed by atoms with Gasteiger partial charge in [-0.3, -0.25) is 14.9 Å². The van der Waals surface area contributed by atoms with Gasteiger partial charge in [0, 0.05) is 16.5 Å². The van der Waals surface area contributed by atoms with Gasteiger partial charge in [-0.15, -0.1) is 11.3 Å². The van der Waals surface area contributed by atoms with Crippen LogP contribution in [0.2, 0.25) is 5.02 Å². The summed E-state index contributed by atoms with van der Waals surface area (Å²) in [6.45, 7) is 4.76. The highest BCUT2D eigenvalue weighted by atomic mass is 127. The van der Waals surface area contributed by atoms with Crippen LogP contribution in [-0.2, 0) is 9.53 Å². The molecule has 0 saturated carbocycles. The van der Waals surface area contributed by atoms with Gasteiger partial charge >= 0.3 is 18.2 Å². The molecule has 0 aliphatic heterocycles. The van der Waals surface area contributed by atoms with E-state index in [1.54, 1.807) is 26.8 Å². The van der Waals surface area contributed by atoms with Crippen LogP contribution in [0.3, 0.4) is 0 Å². The first-order valence-corrected chi connectivity index (χ1v) is 12.5. The monoisotopic (exact) mass is 685 g/mol. The Bertz CT molecular complexity index is 1540. The van der Waals surface area contributed by atoms with E-state index in [9.17, 15) is 37.2 Å². The largest absolute Gasteiger partial charge is 0.471 e. The van der Waals surface area contributed by atoms with Crippen LogP contribution in [0.15, 0.2) is 12.1 Å². The Kier molecular flexibility index (Phi) is 8.25. The molecule has 0 saturated heterocycles. The number of fused-ring (bicyclic) bond motifs is 1. The molecule has 3 rings (SSSR count). The van der Waals surface area contributed by atoms with Crippen molar-refractivity contribution in [3.8, 4) is 17.2 Å². The third-order valence-corrected chi connectivity index (χ3v) is 7.38. The molecular formula is C23H14ClF5IN3O4S. The van der Waals surface area contributed by atoms with Crippen molar-refractivity contribution in [3.05, 3.63) is 43.5 Å². The molecule has 2 amide bonds. The Labute approximate surface area is 234 Å². The Hall–Kier alpha value is -3.03. The summed E-state index contributed by atoms with van der Waals surface area (Å²) in [5, 5.41) is 12.6. The lowest BCUT2D eigenvalue weighted by atomic mass is 9.96. The van der Waals surface area contributed by atoms with Crippen LogP contribution in [0.25, 0.3) is 21.2 Å². The summed E-state index contributed by atoms with van der Waals surface area (Å²) in [5.41, 5.74) is -3.64. The molecule has 200 valence electrons.